The van der Waals surface area contributed by atoms with Crippen LogP contribution in [0.5, 0.6) is 0 Å². The average Bonchev–Trinajstić information content (AvgIpc) is 2.38. The van der Waals surface area contributed by atoms with E-state index >= 15 is 0 Å². The highest BCUT2D eigenvalue weighted by Gasteiger charge is 2.16. The Bertz CT molecular complexity index is 432. The first-order chi connectivity index (χ1) is 7.92. The maximum Gasteiger partial charge on any atom is 0.276 e. The Morgan fingerprint density at radius 1 is 1.44 bits per heavy atom. The van der Waals surface area contributed by atoms with Crippen LogP contribution < -0.4 is 10.3 Å². The van der Waals surface area contributed by atoms with Crippen molar-refractivity contribution in [2.24, 2.45) is 0 Å². The third kappa shape index (κ3) is 2.59. The highest BCUT2D eigenvalue weighted by atomic mass is 32.2. The molecule has 0 saturated heterocycles. The zero-order chi connectivity index (χ0) is 11.2. The van der Waals surface area contributed by atoms with E-state index in [0.29, 0.717) is 5.75 Å². The van der Waals surface area contributed by atoms with Crippen molar-refractivity contribution in [2.45, 2.75) is 11.3 Å². The van der Waals surface area contributed by atoms with Gasteiger partial charge in [-0.25, -0.2) is 0 Å². The Balaban J connectivity index is 2.25. The quantitative estimate of drug-likeness (QED) is 0.575. The lowest BCUT2D eigenvalue weighted by Crippen LogP contribution is -2.79. The zero-order valence-corrected chi connectivity index (χ0v) is 9.94. The molecule has 1 aromatic carbocycles. The number of hydrogen-bond acceptors (Lipinski definition) is 2. The SMILES string of the molecule is C#CCSc1ccccc1C1=[NH+]CCCN1. The predicted molar refractivity (Wildman–Crippen MR) is 68.6 cm³/mol. The third-order valence-electron chi connectivity index (χ3n) is 2.42. The van der Waals surface area contributed by atoms with Crippen molar-refractivity contribution >= 4 is 17.6 Å². The first kappa shape index (κ1) is 11.1. The summed E-state index contributed by atoms with van der Waals surface area (Å²) in [5, 5.41) is 3.39. The summed E-state index contributed by atoms with van der Waals surface area (Å²) in [5.74, 6) is 4.50. The molecular weight excluding hydrogens is 216 g/mol. The summed E-state index contributed by atoms with van der Waals surface area (Å²) >= 11 is 1.70. The first-order valence-electron chi connectivity index (χ1n) is 5.42. The summed E-state index contributed by atoms with van der Waals surface area (Å²) in [6.45, 7) is 2.08. The zero-order valence-electron chi connectivity index (χ0n) is 9.12. The van der Waals surface area contributed by atoms with E-state index in [1.807, 2.05) is 6.07 Å². The van der Waals surface area contributed by atoms with Gasteiger partial charge in [0.05, 0.1) is 24.4 Å². The minimum Gasteiger partial charge on any atom is -0.274 e. The molecule has 2 nitrogen and oxygen atoms in total. The Kier molecular flexibility index (Phi) is 3.90. The van der Waals surface area contributed by atoms with Gasteiger partial charge in [-0.15, -0.1) is 18.2 Å². The van der Waals surface area contributed by atoms with Crippen LogP contribution in [-0.2, 0) is 0 Å². The Labute approximate surface area is 101 Å². The van der Waals surface area contributed by atoms with Crippen molar-refractivity contribution in [3.63, 3.8) is 0 Å². The van der Waals surface area contributed by atoms with Gasteiger partial charge in [-0.3, -0.25) is 10.3 Å². The standard InChI is InChI=1S/C13H14N2S/c1-2-10-16-12-7-4-3-6-11(12)13-14-8-5-9-15-13/h1,3-4,6-7H,5,8-10H2,(H,14,15)/p+1. The van der Waals surface area contributed by atoms with Gasteiger partial charge in [0, 0.05) is 11.3 Å². The minimum absolute atomic E-state index is 0.713. The number of hydrogen-bond donors (Lipinski definition) is 2. The van der Waals surface area contributed by atoms with Gasteiger partial charge in [-0.1, -0.05) is 18.1 Å². The van der Waals surface area contributed by atoms with Crippen molar-refractivity contribution in [1.82, 2.24) is 5.32 Å². The molecule has 2 N–H and O–H groups in total. The van der Waals surface area contributed by atoms with E-state index < -0.39 is 0 Å². The van der Waals surface area contributed by atoms with Crippen LogP contribution in [0.1, 0.15) is 12.0 Å². The lowest BCUT2D eigenvalue weighted by atomic mass is 10.2. The second-order valence-corrected chi connectivity index (χ2v) is 4.59. The molecule has 0 aliphatic carbocycles. The van der Waals surface area contributed by atoms with Crippen LogP contribution in [0.25, 0.3) is 0 Å². The van der Waals surface area contributed by atoms with Crippen LogP contribution in [0.15, 0.2) is 29.2 Å². The molecule has 0 bridgehead atoms. The van der Waals surface area contributed by atoms with E-state index in [0.717, 1.165) is 18.9 Å². The van der Waals surface area contributed by atoms with Crippen molar-refractivity contribution in [1.29, 1.82) is 0 Å². The number of thioether (sulfide) groups is 1. The number of rotatable bonds is 3. The maximum atomic E-state index is 5.30. The first-order valence-corrected chi connectivity index (χ1v) is 6.41. The van der Waals surface area contributed by atoms with E-state index in [1.165, 1.54) is 16.9 Å². The third-order valence-corrected chi connectivity index (χ3v) is 3.40. The van der Waals surface area contributed by atoms with E-state index in [1.54, 1.807) is 11.8 Å². The minimum atomic E-state index is 0.713. The van der Waals surface area contributed by atoms with Crippen molar-refractivity contribution in [3.8, 4) is 12.3 Å². The second-order valence-electron chi connectivity index (χ2n) is 3.57. The molecular formula is C13H15N2S+. The molecule has 0 radical (unpaired) electrons. The molecule has 0 saturated carbocycles. The predicted octanol–water partition coefficient (Wildman–Crippen LogP) is 0.232. The molecule has 1 heterocycles. The summed E-state index contributed by atoms with van der Waals surface area (Å²) in [5.41, 5.74) is 1.22. The molecule has 82 valence electrons. The normalized spacial score (nSPS) is 14.8. The summed E-state index contributed by atoms with van der Waals surface area (Å²) < 4.78 is 0. The molecule has 0 spiro atoms. The lowest BCUT2D eigenvalue weighted by molar-refractivity contribution is -0.463. The number of amidine groups is 1. The molecule has 2 rings (SSSR count). The highest BCUT2D eigenvalue weighted by Crippen LogP contribution is 2.21. The number of nitrogens with one attached hydrogen (secondary N) is 2. The van der Waals surface area contributed by atoms with Crippen LogP contribution in [0.2, 0.25) is 0 Å². The van der Waals surface area contributed by atoms with Crippen LogP contribution in [0.3, 0.4) is 0 Å². The van der Waals surface area contributed by atoms with E-state index in [-0.39, 0.29) is 0 Å². The summed E-state index contributed by atoms with van der Waals surface area (Å²) in [4.78, 5) is 4.63. The summed E-state index contributed by atoms with van der Waals surface area (Å²) in [6, 6.07) is 8.34. The summed E-state index contributed by atoms with van der Waals surface area (Å²) in [6.07, 6.45) is 6.47. The van der Waals surface area contributed by atoms with Crippen LogP contribution in [0, 0.1) is 12.3 Å². The fraction of sp³-hybridized carbons (Fsp3) is 0.308. The Hall–Kier alpha value is -1.40. The van der Waals surface area contributed by atoms with Crippen molar-refractivity contribution in [3.05, 3.63) is 29.8 Å². The molecule has 1 aliphatic rings. The molecule has 0 atom stereocenters. The van der Waals surface area contributed by atoms with E-state index in [9.17, 15) is 0 Å². The molecule has 0 amide bonds. The van der Waals surface area contributed by atoms with Gasteiger partial charge in [0.25, 0.3) is 5.84 Å². The van der Waals surface area contributed by atoms with Gasteiger partial charge in [0.2, 0.25) is 0 Å². The van der Waals surface area contributed by atoms with E-state index in [4.69, 9.17) is 6.42 Å². The molecule has 1 aliphatic heterocycles. The number of benzene rings is 1. The fourth-order valence-electron chi connectivity index (χ4n) is 1.69. The highest BCUT2D eigenvalue weighted by molar-refractivity contribution is 7.99. The lowest BCUT2D eigenvalue weighted by Gasteiger charge is -2.11. The maximum absolute atomic E-state index is 5.30. The summed E-state index contributed by atoms with van der Waals surface area (Å²) in [7, 11) is 0. The molecule has 16 heavy (non-hydrogen) atoms. The Morgan fingerprint density at radius 2 is 2.31 bits per heavy atom. The van der Waals surface area contributed by atoms with Gasteiger partial charge in [-0.05, 0) is 12.1 Å². The molecule has 0 unspecified atom stereocenters. The van der Waals surface area contributed by atoms with E-state index in [2.05, 4.69) is 34.4 Å². The molecule has 0 fully saturated rings. The fourth-order valence-corrected chi connectivity index (χ4v) is 2.43. The second kappa shape index (κ2) is 5.62. The van der Waals surface area contributed by atoms with Gasteiger partial charge >= 0.3 is 0 Å². The van der Waals surface area contributed by atoms with Crippen LogP contribution >= 0.6 is 11.8 Å². The number of terminal acetylenes is 1. The van der Waals surface area contributed by atoms with Gasteiger partial charge < -0.3 is 0 Å². The monoisotopic (exact) mass is 231 g/mol. The molecule has 3 heteroatoms. The molecule has 0 aromatic heterocycles. The van der Waals surface area contributed by atoms with Gasteiger partial charge in [0.1, 0.15) is 0 Å². The average molecular weight is 231 g/mol. The largest absolute Gasteiger partial charge is 0.276 e. The van der Waals surface area contributed by atoms with Crippen LogP contribution in [-0.4, -0.2) is 24.7 Å². The van der Waals surface area contributed by atoms with Gasteiger partial charge in [-0.2, -0.15) is 0 Å². The smallest absolute Gasteiger partial charge is 0.274 e. The Morgan fingerprint density at radius 3 is 3.06 bits per heavy atom. The topological polar surface area (TPSA) is 26.0 Å². The molecule has 1 aromatic rings. The van der Waals surface area contributed by atoms with Crippen molar-refractivity contribution in [2.75, 3.05) is 18.8 Å². The van der Waals surface area contributed by atoms with Crippen molar-refractivity contribution < 1.29 is 4.99 Å². The van der Waals surface area contributed by atoms with Gasteiger partial charge in [0.15, 0.2) is 0 Å². The van der Waals surface area contributed by atoms with Crippen LogP contribution in [0.4, 0.5) is 0 Å².